The molecule has 1 amide bonds. The molecule has 0 aliphatic carbocycles. The Kier molecular flexibility index (Phi) is 6.97. The van der Waals surface area contributed by atoms with Crippen molar-refractivity contribution in [2.24, 2.45) is 0 Å². The summed E-state index contributed by atoms with van der Waals surface area (Å²) in [5.74, 6) is -0.537. The zero-order chi connectivity index (χ0) is 21.0. The Bertz CT molecular complexity index is 1030. The third kappa shape index (κ3) is 6.03. The van der Waals surface area contributed by atoms with Crippen LogP contribution < -0.4 is 5.32 Å². The van der Waals surface area contributed by atoms with E-state index in [2.05, 4.69) is 47.1 Å². The van der Waals surface area contributed by atoms with Crippen LogP contribution in [0.3, 0.4) is 0 Å². The largest absolute Gasteiger partial charge is 0.433 e. The van der Waals surface area contributed by atoms with Gasteiger partial charge in [0, 0.05) is 14.5 Å². The summed E-state index contributed by atoms with van der Waals surface area (Å²) >= 11 is 7.48. The normalized spacial score (nSPS) is 11.3. The maximum atomic E-state index is 13.2. The SMILES string of the molecule is O=C(CSc1nc(-c2ccccc2)cc(C(F)(F)F)n1)Nc1cc(Br)ccc1Br. The lowest BCUT2D eigenvalue weighted by atomic mass is 10.1. The number of carbonyl (C=O) groups is 1. The lowest BCUT2D eigenvalue weighted by Crippen LogP contribution is -2.15. The van der Waals surface area contributed by atoms with Crippen LogP contribution in [-0.2, 0) is 11.0 Å². The minimum Gasteiger partial charge on any atom is -0.324 e. The summed E-state index contributed by atoms with van der Waals surface area (Å²) < 4.78 is 41.2. The molecule has 3 aromatic rings. The number of hydrogen-bond donors (Lipinski definition) is 1. The zero-order valence-corrected chi connectivity index (χ0v) is 18.5. The van der Waals surface area contributed by atoms with Gasteiger partial charge in [-0.2, -0.15) is 13.2 Å². The first kappa shape index (κ1) is 21.8. The van der Waals surface area contributed by atoms with Gasteiger partial charge in [0.05, 0.1) is 17.1 Å². The Morgan fingerprint density at radius 1 is 1.03 bits per heavy atom. The first-order chi connectivity index (χ1) is 13.7. The molecule has 0 bridgehead atoms. The van der Waals surface area contributed by atoms with Gasteiger partial charge in [0.2, 0.25) is 5.91 Å². The molecule has 0 atom stereocenters. The number of hydrogen-bond acceptors (Lipinski definition) is 4. The number of nitrogens with one attached hydrogen (secondary N) is 1. The van der Waals surface area contributed by atoms with Crippen LogP contribution >= 0.6 is 43.6 Å². The quantitative estimate of drug-likeness (QED) is 0.296. The van der Waals surface area contributed by atoms with Crippen LogP contribution in [0, 0.1) is 0 Å². The molecule has 150 valence electrons. The smallest absolute Gasteiger partial charge is 0.324 e. The summed E-state index contributed by atoms with van der Waals surface area (Å²) in [6, 6.07) is 14.7. The van der Waals surface area contributed by atoms with E-state index in [-0.39, 0.29) is 16.6 Å². The van der Waals surface area contributed by atoms with Gasteiger partial charge in [0.25, 0.3) is 0 Å². The van der Waals surface area contributed by atoms with Crippen molar-refractivity contribution >= 4 is 55.2 Å². The van der Waals surface area contributed by atoms with Crippen LogP contribution in [0.4, 0.5) is 18.9 Å². The third-order valence-electron chi connectivity index (χ3n) is 3.60. The minimum atomic E-state index is -4.62. The van der Waals surface area contributed by atoms with Crippen molar-refractivity contribution in [3.8, 4) is 11.3 Å². The lowest BCUT2D eigenvalue weighted by molar-refractivity contribution is -0.141. The maximum absolute atomic E-state index is 13.2. The van der Waals surface area contributed by atoms with E-state index in [1.54, 1.807) is 48.5 Å². The number of halogens is 5. The Labute approximate surface area is 185 Å². The summed E-state index contributed by atoms with van der Waals surface area (Å²) in [6.07, 6.45) is -4.62. The van der Waals surface area contributed by atoms with Crippen LogP contribution in [0.1, 0.15) is 5.69 Å². The number of nitrogens with zero attached hydrogens (tertiary/aromatic N) is 2. The van der Waals surface area contributed by atoms with Crippen LogP contribution in [-0.4, -0.2) is 21.6 Å². The predicted molar refractivity (Wildman–Crippen MR) is 114 cm³/mol. The van der Waals surface area contributed by atoms with Crippen molar-refractivity contribution in [3.05, 3.63) is 69.2 Å². The molecule has 3 rings (SSSR count). The van der Waals surface area contributed by atoms with E-state index in [1.807, 2.05) is 0 Å². The molecule has 4 nitrogen and oxygen atoms in total. The molecule has 0 aliphatic heterocycles. The van der Waals surface area contributed by atoms with E-state index in [0.717, 1.165) is 22.3 Å². The fourth-order valence-corrected chi connectivity index (χ4v) is 3.67. The molecule has 29 heavy (non-hydrogen) atoms. The van der Waals surface area contributed by atoms with Crippen LogP contribution in [0.15, 0.2) is 68.7 Å². The van der Waals surface area contributed by atoms with Gasteiger partial charge in [-0.25, -0.2) is 9.97 Å². The highest BCUT2D eigenvalue weighted by molar-refractivity contribution is 9.11. The van der Waals surface area contributed by atoms with Gasteiger partial charge in [0.15, 0.2) is 5.16 Å². The molecule has 10 heteroatoms. The van der Waals surface area contributed by atoms with Crippen molar-refractivity contribution in [1.29, 1.82) is 0 Å². The van der Waals surface area contributed by atoms with Crippen molar-refractivity contribution < 1.29 is 18.0 Å². The van der Waals surface area contributed by atoms with Crippen LogP contribution in [0.2, 0.25) is 0 Å². The molecule has 0 spiro atoms. The van der Waals surface area contributed by atoms with E-state index in [1.165, 1.54) is 0 Å². The molecule has 1 aromatic heterocycles. The van der Waals surface area contributed by atoms with Crippen LogP contribution in [0.5, 0.6) is 0 Å². The van der Waals surface area contributed by atoms with Crippen molar-refractivity contribution in [2.75, 3.05) is 11.1 Å². The summed E-state index contributed by atoms with van der Waals surface area (Å²) in [7, 11) is 0. The molecule has 0 radical (unpaired) electrons. The molecule has 1 heterocycles. The minimum absolute atomic E-state index is 0.123. The predicted octanol–water partition coefficient (Wildman–Crippen LogP) is 6.42. The highest BCUT2D eigenvalue weighted by atomic mass is 79.9. The van der Waals surface area contributed by atoms with Gasteiger partial charge < -0.3 is 5.32 Å². The van der Waals surface area contributed by atoms with Gasteiger partial charge >= 0.3 is 6.18 Å². The van der Waals surface area contributed by atoms with E-state index in [4.69, 9.17) is 0 Å². The van der Waals surface area contributed by atoms with Crippen molar-refractivity contribution in [2.45, 2.75) is 11.3 Å². The molecule has 0 saturated heterocycles. The molecule has 0 fully saturated rings. The number of anilines is 1. The molecule has 2 aromatic carbocycles. The molecule has 0 saturated carbocycles. The number of benzene rings is 2. The van der Waals surface area contributed by atoms with E-state index >= 15 is 0 Å². The fraction of sp³-hybridized carbons (Fsp3) is 0.105. The van der Waals surface area contributed by atoms with Crippen molar-refractivity contribution in [3.63, 3.8) is 0 Å². The van der Waals surface area contributed by atoms with Gasteiger partial charge in [-0.3, -0.25) is 4.79 Å². The third-order valence-corrected chi connectivity index (χ3v) is 5.63. The van der Waals surface area contributed by atoms with E-state index in [0.29, 0.717) is 15.7 Å². The molecular formula is C19H12Br2F3N3OS. The number of rotatable bonds is 5. The number of aromatic nitrogens is 2. The van der Waals surface area contributed by atoms with E-state index < -0.39 is 17.8 Å². The highest BCUT2D eigenvalue weighted by Crippen LogP contribution is 2.32. The van der Waals surface area contributed by atoms with Gasteiger partial charge in [-0.15, -0.1) is 0 Å². The second-order valence-electron chi connectivity index (χ2n) is 5.75. The van der Waals surface area contributed by atoms with Gasteiger partial charge in [-0.05, 0) is 40.2 Å². The molecule has 0 aliphatic rings. The average Bonchev–Trinajstić information content (AvgIpc) is 2.69. The number of amides is 1. The summed E-state index contributed by atoms with van der Waals surface area (Å²) in [5, 5.41) is 2.57. The van der Waals surface area contributed by atoms with E-state index in [9.17, 15) is 18.0 Å². The molecule has 1 N–H and O–H groups in total. The standard InChI is InChI=1S/C19H12Br2F3N3OS/c20-12-6-7-13(21)15(8-12)25-17(28)10-29-18-26-14(11-4-2-1-3-5-11)9-16(27-18)19(22,23)24/h1-9H,10H2,(H,25,28). The Morgan fingerprint density at radius 2 is 1.76 bits per heavy atom. The summed E-state index contributed by atoms with van der Waals surface area (Å²) in [4.78, 5) is 20.0. The topological polar surface area (TPSA) is 54.9 Å². The van der Waals surface area contributed by atoms with Gasteiger partial charge in [-0.1, -0.05) is 58.0 Å². The zero-order valence-electron chi connectivity index (χ0n) is 14.5. The monoisotopic (exact) mass is 545 g/mol. The number of carbonyl (C=O) groups excluding carboxylic acids is 1. The van der Waals surface area contributed by atoms with Gasteiger partial charge in [0.1, 0.15) is 5.69 Å². The number of alkyl halides is 3. The second kappa shape index (κ2) is 9.27. The van der Waals surface area contributed by atoms with Crippen molar-refractivity contribution in [1.82, 2.24) is 9.97 Å². The summed E-state index contributed by atoms with van der Waals surface area (Å²) in [5.41, 5.74) is 0.166. The maximum Gasteiger partial charge on any atom is 0.433 e. The first-order valence-corrected chi connectivity index (χ1v) is 10.7. The fourth-order valence-electron chi connectivity index (χ4n) is 2.30. The number of thioether (sulfide) groups is 1. The summed E-state index contributed by atoms with van der Waals surface area (Å²) in [6.45, 7) is 0. The molecule has 0 unspecified atom stereocenters. The molecular weight excluding hydrogens is 535 g/mol. The first-order valence-electron chi connectivity index (χ1n) is 8.12. The van der Waals surface area contributed by atoms with Crippen LogP contribution in [0.25, 0.3) is 11.3 Å². The Hall–Kier alpha value is -1.91. The second-order valence-corrected chi connectivity index (χ2v) is 8.46. The Balaban J connectivity index is 1.79. The highest BCUT2D eigenvalue weighted by Gasteiger charge is 2.34. The lowest BCUT2D eigenvalue weighted by Gasteiger charge is -2.11. The Morgan fingerprint density at radius 3 is 2.45 bits per heavy atom. The average molecular weight is 547 g/mol.